The van der Waals surface area contributed by atoms with Gasteiger partial charge in [-0.05, 0) is 30.7 Å². The lowest BCUT2D eigenvalue weighted by Crippen LogP contribution is -2.26. The van der Waals surface area contributed by atoms with Gasteiger partial charge in [0, 0.05) is 23.2 Å². The van der Waals surface area contributed by atoms with Crippen molar-refractivity contribution in [2.45, 2.75) is 23.1 Å². The fourth-order valence-electron chi connectivity index (χ4n) is 2.66. The van der Waals surface area contributed by atoms with Gasteiger partial charge in [0.05, 0.1) is 0 Å². The maximum Gasteiger partial charge on any atom is 0.0263 e. The minimum Gasteiger partial charge on any atom is -0.301 e. The number of hydrogen-bond donors (Lipinski definition) is 0. The number of fused-ring (bicyclic) bond motifs is 1. The van der Waals surface area contributed by atoms with Gasteiger partial charge in [0.2, 0.25) is 0 Å². The third-order valence-corrected chi connectivity index (χ3v) is 4.83. The van der Waals surface area contributed by atoms with E-state index >= 15 is 0 Å². The summed E-state index contributed by atoms with van der Waals surface area (Å²) in [4.78, 5) is 3.90. The van der Waals surface area contributed by atoms with Crippen LogP contribution in [0.1, 0.15) is 11.1 Å². The molecule has 0 saturated heterocycles. The van der Waals surface area contributed by atoms with Crippen LogP contribution >= 0.6 is 11.8 Å². The summed E-state index contributed by atoms with van der Waals surface area (Å²) in [6.07, 6.45) is 1.21. The van der Waals surface area contributed by atoms with E-state index in [1.165, 1.54) is 22.4 Å². The normalized spacial score (nSPS) is 17.7. The fourth-order valence-corrected chi connectivity index (χ4v) is 4.07. The minimum atomic E-state index is 0.700. The van der Waals surface area contributed by atoms with Crippen molar-refractivity contribution in [1.82, 2.24) is 4.90 Å². The predicted molar refractivity (Wildman–Crippen MR) is 82.6 cm³/mol. The molecule has 0 amide bonds. The molecule has 0 spiro atoms. The highest BCUT2D eigenvalue weighted by atomic mass is 32.2. The van der Waals surface area contributed by atoms with Gasteiger partial charge in [-0.25, -0.2) is 0 Å². The van der Waals surface area contributed by atoms with Crippen LogP contribution in [0.25, 0.3) is 0 Å². The van der Waals surface area contributed by atoms with Gasteiger partial charge in [-0.15, -0.1) is 11.8 Å². The predicted octanol–water partition coefficient (Wildman–Crippen LogP) is 3.84. The molecule has 1 unspecified atom stereocenters. The highest BCUT2D eigenvalue weighted by molar-refractivity contribution is 8.00. The minimum absolute atomic E-state index is 0.700. The summed E-state index contributed by atoms with van der Waals surface area (Å²) in [6, 6.07) is 19.5. The first kappa shape index (κ1) is 12.8. The Morgan fingerprint density at radius 2 is 1.79 bits per heavy atom. The Hall–Kier alpha value is -1.25. The van der Waals surface area contributed by atoms with Crippen molar-refractivity contribution in [1.29, 1.82) is 0 Å². The van der Waals surface area contributed by atoms with Gasteiger partial charge in [0.1, 0.15) is 0 Å². The van der Waals surface area contributed by atoms with Crippen molar-refractivity contribution in [3.63, 3.8) is 0 Å². The average molecular weight is 269 g/mol. The number of thioether (sulfide) groups is 1. The Bertz CT molecular complexity index is 513. The Kier molecular flexibility index (Phi) is 3.90. The molecule has 1 heterocycles. The fraction of sp³-hybridized carbons (Fsp3) is 0.294. The summed E-state index contributed by atoms with van der Waals surface area (Å²) >= 11 is 2.03. The maximum absolute atomic E-state index is 2.43. The van der Waals surface area contributed by atoms with E-state index in [0.717, 1.165) is 13.1 Å². The number of benzene rings is 2. The average Bonchev–Trinajstić information content (AvgIpc) is 2.81. The topological polar surface area (TPSA) is 3.24 Å². The van der Waals surface area contributed by atoms with E-state index < -0.39 is 0 Å². The molecule has 1 atom stereocenters. The van der Waals surface area contributed by atoms with Gasteiger partial charge in [0.15, 0.2) is 0 Å². The number of nitrogens with zero attached hydrogens (tertiary/aromatic N) is 1. The van der Waals surface area contributed by atoms with E-state index in [4.69, 9.17) is 0 Å². The van der Waals surface area contributed by atoms with Crippen LogP contribution in [0.15, 0.2) is 59.5 Å². The van der Waals surface area contributed by atoms with Gasteiger partial charge in [-0.2, -0.15) is 0 Å². The van der Waals surface area contributed by atoms with E-state index in [1.807, 2.05) is 11.8 Å². The smallest absolute Gasteiger partial charge is 0.0263 e. The molecule has 0 aliphatic carbocycles. The number of hydrogen-bond acceptors (Lipinski definition) is 2. The summed E-state index contributed by atoms with van der Waals surface area (Å²) in [5.74, 6) is 0. The summed E-state index contributed by atoms with van der Waals surface area (Å²) in [5.41, 5.74) is 2.91. The van der Waals surface area contributed by atoms with Gasteiger partial charge in [0.25, 0.3) is 0 Å². The molecule has 1 nitrogen and oxygen atoms in total. The van der Waals surface area contributed by atoms with Crippen LogP contribution in [0.3, 0.4) is 0 Å². The quantitative estimate of drug-likeness (QED) is 0.830. The lowest BCUT2D eigenvalue weighted by atomic mass is 10.1. The Morgan fingerprint density at radius 3 is 2.58 bits per heavy atom. The van der Waals surface area contributed by atoms with Crippen LogP contribution in [0.4, 0.5) is 0 Å². The third kappa shape index (κ3) is 3.20. The Morgan fingerprint density at radius 1 is 1.05 bits per heavy atom. The second-order valence-corrected chi connectivity index (χ2v) is 6.58. The Balaban J connectivity index is 1.56. The van der Waals surface area contributed by atoms with Crippen molar-refractivity contribution < 1.29 is 0 Å². The zero-order chi connectivity index (χ0) is 13.1. The molecule has 0 aromatic heterocycles. The van der Waals surface area contributed by atoms with E-state index in [1.54, 1.807) is 0 Å². The highest BCUT2D eigenvalue weighted by Crippen LogP contribution is 2.36. The van der Waals surface area contributed by atoms with Crippen LogP contribution in [0.2, 0.25) is 0 Å². The molecule has 2 aromatic rings. The molecule has 0 saturated carbocycles. The third-order valence-electron chi connectivity index (χ3n) is 3.52. The monoisotopic (exact) mass is 269 g/mol. The standard InChI is InChI=1S/C17H19NS/c1-18(12-14-7-3-2-4-8-14)13-16-11-15-9-5-6-10-17(15)19-16/h2-10,16H,11-13H2,1H3. The molecule has 1 aliphatic heterocycles. The van der Waals surface area contributed by atoms with Crippen LogP contribution in [-0.2, 0) is 13.0 Å². The zero-order valence-electron chi connectivity index (χ0n) is 11.3. The van der Waals surface area contributed by atoms with Crippen molar-refractivity contribution in [3.8, 4) is 0 Å². The summed E-state index contributed by atoms with van der Waals surface area (Å²) in [6.45, 7) is 2.18. The molecular weight excluding hydrogens is 250 g/mol. The van der Waals surface area contributed by atoms with E-state index in [-0.39, 0.29) is 0 Å². The molecule has 0 fully saturated rings. The second-order valence-electron chi connectivity index (χ2n) is 5.23. The zero-order valence-corrected chi connectivity index (χ0v) is 12.1. The molecule has 3 rings (SSSR count). The van der Waals surface area contributed by atoms with Gasteiger partial charge in [-0.1, -0.05) is 48.5 Å². The molecule has 1 aliphatic rings. The molecule has 0 bridgehead atoms. The summed E-state index contributed by atoms with van der Waals surface area (Å²) < 4.78 is 0. The summed E-state index contributed by atoms with van der Waals surface area (Å²) in [7, 11) is 2.22. The molecule has 2 heteroatoms. The van der Waals surface area contributed by atoms with Crippen LogP contribution in [0.5, 0.6) is 0 Å². The maximum atomic E-state index is 2.43. The SMILES string of the molecule is CN(Cc1ccccc1)CC1Cc2ccccc2S1. The molecule has 98 valence electrons. The van der Waals surface area contributed by atoms with Crippen LogP contribution in [-0.4, -0.2) is 23.7 Å². The molecule has 2 aromatic carbocycles. The Labute approximate surface area is 119 Å². The van der Waals surface area contributed by atoms with Crippen LogP contribution < -0.4 is 0 Å². The van der Waals surface area contributed by atoms with Crippen molar-refractivity contribution in [3.05, 3.63) is 65.7 Å². The first-order valence-corrected chi connectivity index (χ1v) is 7.66. The highest BCUT2D eigenvalue weighted by Gasteiger charge is 2.22. The largest absolute Gasteiger partial charge is 0.301 e. The lowest BCUT2D eigenvalue weighted by Gasteiger charge is -2.20. The van der Waals surface area contributed by atoms with Gasteiger partial charge < -0.3 is 4.90 Å². The van der Waals surface area contributed by atoms with E-state index in [9.17, 15) is 0 Å². The van der Waals surface area contributed by atoms with Gasteiger partial charge in [-0.3, -0.25) is 0 Å². The van der Waals surface area contributed by atoms with E-state index in [2.05, 4.69) is 66.5 Å². The van der Waals surface area contributed by atoms with Crippen molar-refractivity contribution in [2.75, 3.05) is 13.6 Å². The second kappa shape index (κ2) is 5.81. The molecule has 19 heavy (non-hydrogen) atoms. The number of rotatable bonds is 4. The van der Waals surface area contributed by atoms with Crippen LogP contribution in [0, 0.1) is 0 Å². The first-order chi connectivity index (χ1) is 9.31. The van der Waals surface area contributed by atoms with Gasteiger partial charge >= 0.3 is 0 Å². The van der Waals surface area contributed by atoms with Crippen molar-refractivity contribution >= 4 is 11.8 Å². The first-order valence-electron chi connectivity index (χ1n) is 6.78. The molecule has 0 radical (unpaired) electrons. The lowest BCUT2D eigenvalue weighted by molar-refractivity contribution is 0.327. The molecule has 0 N–H and O–H groups in total. The van der Waals surface area contributed by atoms with Crippen molar-refractivity contribution in [2.24, 2.45) is 0 Å². The molecular formula is C17H19NS. The van der Waals surface area contributed by atoms with E-state index in [0.29, 0.717) is 5.25 Å². The summed E-state index contributed by atoms with van der Waals surface area (Å²) in [5, 5.41) is 0.700.